The number of benzene rings is 2. The van der Waals surface area contributed by atoms with Gasteiger partial charge in [-0.25, -0.2) is 0 Å². The van der Waals surface area contributed by atoms with Crippen molar-refractivity contribution in [3.63, 3.8) is 0 Å². The summed E-state index contributed by atoms with van der Waals surface area (Å²) < 4.78 is 31.6. The molecule has 0 atom stereocenters. The first-order chi connectivity index (χ1) is 12.9. The maximum absolute atomic E-state index is 12.4. The van der Waals surface area contributed by atoms with Gasteiger partial charge in [0.1, 0.15) is 0 Å². The van der Waals surface area contributed by atoms with Crippen LogP contribution >= 0.6 is 0 Å². The van der Waals surface area contributed by atoms with Crippen molar-refractivity contribution in [2.75, 3.05) is 5.32 Å². The summed E-state index contributed by atoms with van der Waals surface area (Å²) >= 11 is -5.96. The summed E-state index contributed by atoms with van der Waals surface area (Å²) in [4.78, 5) is 34.6. The predicted octanol–water partition coefficient (Wildman–Crippen LogP) is 0.998. The van der Waals surface area contributed by atoms with Gasteiger partial charge in [-0.1, -0.05) is 0 Å². The molecule has 0 unspecified atom stereocenters. The second-order valence-electron chi connectivity index (χ2n) is 6.00. The van der Waals surface area contributed by atoms with Gasteiger partial charge in [0, 0.05) is 0 Å². The van der Waals surface area contributed by atoms with Crippen LogP contribution in [0.5, 0.6) is 5.75 Å². The third kappa shape index (κ3) is 3.84. The van der Waals surface area contributed by atoms with Gasteiger partial charge >= 0.3 is 162 Å². The number of carbonyl (C=O) groups excluding carboxylic acids is 2. The molecule has 10 nitrogen and oxygen atoms in total. The molecule has 0 bridgehead atoms. The fraction of sp³-hybridized carbons (Fsp3) is 0.176. The Labute approximate surface area is 162 Å². The summed E-state index contributed by atoms with van der Waals surface area (Å²) in [5.41, 5.74) is -2.01. The number of ketones is 1. The third-order valence-corrected chi connectivity index (χ3v) is 6.17. The van der Waals surface area contributed by atoms with Crippen molar-refractivity contribution in [1.29, 1.82) is 0 Å². The van der Waals surface area contributed by atoms with Gasteiger partial charge in [-0.15, -0.1) is 0 Å². The van der Waals surface area contributed by atoms with Crippen molar-refractivity contribution in [2.45, 2.75) is 20.8 Å². The standard InChI is InChI=1S/C17H17AsN2O8/c1-8-13(9(2)21)14(11-6-4-5-7-12(11)20(27)28)15(18(24,25)26)16(17(8)23)19-10(3)22/h4-7,23H,1-3H3,(H,19,22)(H2,24,25,26). The van der Waals surface area contributed by atoms with E-state index in [4.69, 9.17) is 0 Å². The number of nitro groups is 1. The molecule has 1 amide bonds. The first kappa shape index (κ1) is 21.4. The number of amides is 1. The average molecular weight is 452 g/mol. The molecule has 0 aliphatic rings. The van der Waals surface area contributed by atoms with E-state index in [1.807, 2.05) is 0 Å². The Bertz CT molecular complexity index is 1060. The van der Waals surface area contributed by atoms with Gasteiger partial charge in [-0.3, -0.25) is 0 Å². The second-order valence-corrected chi connectivity index (χ2v) is 9.22. The average Bonchev–Trinajstić information content (AvgIpc) is 2.56. The number of rotatable bonds is 5. The molecule has 0 radical (unpaired) electrons. The van der Waals surface area contributed by atoms with Crippen LogP contribution in [0.1, 0.15) is 29.8 Å². The van der Waals surface area contributed by atoms with Gasteiger partial charge < -0.3 is 0 Å². The number of nitrogens with zero attached hydrogens (tertiary/aromatic N) is 1. The first-order valence-electron chi connectivity index (χ1n) is 7.85. The molecule has 0 heterocycles. The second kappa shape index (κ2) is 7.59. The van der Waals surface area contributed by atoms with Crippen LogP contribution in [0.15, 0.2) is 24.3 Å². The van der Waals surface area contributed by atoms with Crippen molar-refractivity contribution in [1.82, 2.24) is 0 Å². The molecule has 11 heteroatoms. The number of aromatic hydroxyl groups is 1. The van der Waals surface area contributed by atoms with Crippen LogP contribution in [0.25, 0.3) is 11.1 Å². The zero-order valence-electron chi connectivity index (χ0n) is 15.1. The van der Waals surface area contributed by atoms with Crippen molar-refractivity contribution in [3.05, 3.63) is 45.5 Å². The topological polar surface area (TPSA) is 167 Å². The number of hydrogen-bond donors (Lipinski definition) is 4. The van der Waals surface area contributed by atoms with Gasteiger partial charge in [0.25, 0.3) is 0 Å². The number of carbonyl (C=O) groups is 2. The van der Waals surface area contributed by atoms with E-state index in [-0.39, 0.29) is 22.3 Å². The molecular weight excluding hydrogens is 435 g/mol. The summed E-state index contributed by atoms with van der Waals surface area (Å²) in [5, 5.41) is 24.1. The van der Waals surface area contributed by atoms with E-state index in [0.29, 0.717) is 0 Å². The van der Waals surface area contributed by atoms with Crippen LogP contribution in [0.2, 0.25) is 0 Å². The molecule has 0 fully saturated rings. The Balaban J connectivity index is 3.21. The summed E-state index contributed by atoms with van der Waals surface area (Å²) in [6, 6.07) is 5.13. The van der Waals surface area contributed by atoms with Gasteiger partial charge in [0.2, 0.25) is 0 Å². The minimum atomic E-state index is -5.96. The van der Waals surface area contributed by atoms with Crippen LogP contribution in [0, 0.1) is 17.0 Å². The summed E-state index contributed by atoms with van der Waals surface area (Å²) in [5.74, 6) is -2.09. The van der Waals surface area contributed by atoms with Gasteiger partial charge in [-0.05, 0) is 0 Å². The number of nitro benzene ring substituents is 1. The number of phenolic OH excluding ortho intramolecular Hbond substituents is 1. The molecule has 0 aromatic heterocycles. The first-order valence-corrected chi connectivity index (χ1v) is 11.2. The number of anilines is 1. The van der Waals surface area contributed by atoms with Crippen LogP contribution in [-0.2, 0) is 8.53 Å². The molecule has 4 N–H and O–H groups in total. The molecule has 148 valence electrons. The number of nitrogens with one attached hydrogen (secondary N) is 1. The fourth-order valence-electron chi connectivity index (χ4n) is 2.98. The van der Waals surface area contributed by atoms with Crippen LogP contribution < -0.4 is 9.67 Å². The molecule has 0 aliphatic carbocycles. The molecule has 0 spiro atoms. The van der Waals surface area contributed by atoms with E-state index >= 15 is 0 Å². The molecule has 0 saturated carbocycles. The number of para-hydroxylation sites is 1. The quantitative estimate of drug-likeness (QED) is 0.171. The molecule has 2 rings (SSSR count). The predicted molar refractivity (Wildman–Crippen MR) is 99.8 cm³/mol. The normalized spacial score (nSPS) is 11.2. The van der Waals surface area contributed by atoms with E-state index in [0.717, 1.165) is 19.9 Å². The van der Waals surface area contributed by atoms with Crippen LogP contribution in [0.3, 0.4) is 0 Å². The van der Waals surface area contributed by atoms with Gasteiger partial charge in [-0.2, -0.15) is 0 Å². The number of Topliss-reactive ketones (excluding diaryl/α,β-unsaturated/α-hetero) is 1. The molecule has 0 saturated heterocycles. The molecular formula is C17H17AsN2O8. The monoisotopic (exact) mass is 452 g/mol. The van der Waals surface area contributed by atoms with Crippen molar-refractivity contribution >= 4 is 41.6 Å². The Morgan fingerprint density at radius 1 is 1.18 bits per heavy atom. The molecule has 2 aromatic carbocycles. The third-order valence-electron chi connectivity index (χ3n) is 4.01. The van der Waals surface area contributed by atoms with Crippen molar-refractivity contribution in [2.24, 2.45) is 0 Å². The van der Waals surface area contributed by atoms with Gasteiger partial charge in [0.15, 0.2) is 0 Å². The molecule has 2 aromatic rings. The minimum absolute atomic E-state index is 0.0721. The Morgan fingerprint density at radius 2 is 1.75 bits per heavy atom. The van der Waals surface area contributed by atoms with E-state index in [1.165, 1.54) is 25.1 Å². The summed E-state index contributed by atoms with van der Waals surface area (Å²) in [6.07, 6.45) is 0. The summed E-state index contributed by atoms with van der Waals surface area (Å²) in [7, 11) is 0. The molecule has 0 aliphatic heterocycles. The van der Waals surface area contributed by atoms with Crippen molar-refractivity contribution in [3.8, 4) is 16.9 Å². The van der Waals surface area contributed by atoms with Crippen LogP contribution in [-0.4, -0.2) is 44.1 Å². The van der Waals surface area contributed by atoms with E-state index in [2.05, 4.69) is 5.32 Å². The SMILES string of the molecule is CC(=O)Nc1c(O)c(C)c(C(C)=O)c(-c2ccccc2[N+](=O)[O-])c1[As](=O)(O)O. The molecule has 28 heavy (non-hydrogen) atoms. The zero-order chi connectivity index (χ0) is 21.4. The Hall–Kier alpha value is -2.94. The Morgan fingerprint density at radius 3 is 2.21 bits per heavy atom. The van der Waals surface area contributed by atoms with E-state index in [9.17, 15) is 36.7 Å². The number of hydrogen-bond acceptors (Lipinski definition) is 6. The van der Waals surface area contributed by atoms with Crippen LogP contribution in [0.4, 0.5) is 11.4 Å². The number of phenols is 1. The van der Waals surface area contributed by atoms with Gasteiger partial charge in [0.05, 0.1) is 0 Å². The fourth-order valence-corrected chi connectivity index (χ4v) is 5.03. The van der Waals surface area contributed by atoms with E-state index < -0.39 is 52.3 Å². The van der Waals surface area contributed by atoms with Crippen molar-refractivity contribution < 1.29 is 31.5 Å². The summed E-state index contributed by atoms with van der Waals surface area (Å²) in [6.45, 7) is 3.48. The van der Waals surface area contributed by atoms with E-state index in [1.54, 1.807) is 0 Å². The zero-order valence-corrected chi connectivity index (χ0v) is 17.0. The Kier molecular flexibility index (Phi) is 5.79. The maximum atomic E-state index is 12.4.